The van der Waals surface area contributed by atoms with Crippen LogP contribution in [0.25, 0.3) is 72.0 Å². The van der Waals surface area contributed by atoms with Gasteiger partial charge in [0.25, 0.3) is 0 Å². The molecule has 0 radical (unpaired) electrons. The van der Waals surface area contributed by atoms with E-state index in [1.165, 1.54) is 66.4 Å². The summed E-state index contributed by atoms with van der Waals surface area (Å²) in [7, 11) is 0. The third-order valence-corrected chi connectivity index (χ3v) is 11.4. The zero-order valence-electron chi connectivity index (χ0n) is 32.7. The van der Waals surface area contributed by atoms with Crippen LogP contribution in [0.1, 0.15) is 11.1 Å². The minimum absolute atomic E-state index is 1.09. The Morgan fingerprint density at radius 2 is 0.845 bits per heavy atom. The lowest BCUT2D eigenvalue weighted by Gasteiger charge is -2.29. The molecule has 0 bridgehead atoms. The monoisotopic (exact) mass is 742 g/mol. The number of rotatable bonds is 8. The van der Waals surface area contributed by atoms with Gasteiger partial charge in [-0.25, -0.2) is 0 Å². The summed E-state index contributed by atoms with van der Waals surface area (Å²) in [6.45, 7) is 4.30. The Hall–Kier alpha value is -7.42. The maximum atomic E-state index is 2.49. The van der Waals surface area contributed by atoms with Crippen LogP contribution < -0.4 is 4.90 Å². The summed E-state index contributed by atoms with van der Waals surface area (Å²) >= 11 is 0. The van der Waals surface area contributed by atoms with Gasteiger partial charge in [0, 0.05) is 27.6 Å². The lowest BCUT2D eigenvalue weighted by molar-refractivity contribution is 1.18. The predicted octanol–water partition coefficient (Wildman–Crippen LogP) is 15.5. The van der Waals surface area contributed by atoms with E-state index in [0.717, 1.165) is 33.8 Å². The summed E-state index contributed by atoms with van der Waals surface area (Å²) < 4.78 is 2.49. The zero-order chi connectivity index (χ0) is 39.0. The molecule has 0 unspecified atom stereocenters. The van der Waals surface area contributed by atoms with Gasteiger partial charge in [0.05, 0.1) is 28.1 Å². The highest BCUT2D eigenvalue weighted by molar-refractivity contribution is 6.17. The summed E-state index contributed by atoms with van der Waals surface area (Å²) in [5.41, 5.74) is 18.8. The Labute approximate surface area is 340 Å². The second-order valence-corrected chi connectivity index (χ2v) is 15.1. The number of hydrogen-bond acceptors (Lipinski definition) is 1. The second kappa shape index (κ2) is 14.9. The molecule has 0 saturated carbocycles. The van der Waals surface area contributed by atoms with Crippen molar-refractivity contribution in [3.8, 4) is 50.2 Å². The molecular weight excluding hydrogens is 701 g/mol. The molecule has 1 aromatic heterocycles. The fourth-order valence-electron chi connectivity index (χ4n) is 8.54. The maximum Gasteiger partial charge on any atom is 0.0562 e. The van der Waals surface area contributed by atoms with Crippen LogP contribution in [-0.4, -0.2) is 4.57 Å². The summed E-state index contributed by atoms with van der Waals surface area (Å²) in [5, 5.41) is 2.40. The van der Waals surface area contributed by atoms with Gasteiger partial charge in [0.2, 0.25) is 0 Å². The van der Waals surface area contributed by atoms with E-state index in [-0.39, 0.29) is 0 Å². The maximum absolute atomic E-state index is 2.49. The molecule has 0 spiro atoms. The normalized spacial score (nSPS) is 11.3. The van der Waals surface area contributed by atoms with Gasteiger partial charge in [-0.3, -0.25) is 0 Å². The first kappa shape index (κ1) is 35.0. The van der Waals surface area contributed by atoms with E-state index in [0.29, 0.717) is 0 Å². The quantitative estimate of drug-likeness (QED) is 0.150. The predicted molar refractivity (Wildman–Crippen MR) is 247 cm³/mol. The van der Waals surface area contributed by atoms with Gasteiger partial charge in [-0.15, -0.1) is 0 Å². The van der Waals surface area contributed by atoms with E-state index in [1.54, 1.807) is 0 Å². The van der Waals surface area contributed by atoms with Crippen molar-refractivity contribution < 1.29 is 0 Å². The molecule has 9 aromatic carbocycles. The van der Waals surface area contributed by atoms with Crippen LogP contribution >= 0.6 is 0 Å². The molecule has 0 amide bonds. The number of nitrogens with zero attached hydrogens (tertiary/aromatic N) is 2. The molecule has 0 aliphatic rings. The summed E-state index contributed by atoms with van der Waals surface area (Å²) in [6, 6.07) is 79.5. The van der Waals surface area contributed by atoms with Crippen molar-refractivity contribution in [1.29, 1.82) is 0 Å². The Bertz CT molecular complexity index is 3030. The van der Waals surface area contributed by atoms with E-state index >= 15 is 0 Å². The fourth-order valence-corrected chi connectivity index (χ4v) is 8.54. The topological polar surface area (TPSA) is 8.17 Å². The van der Waals surface area contributed by atoms with Crippen LogP contribution in [0.5, 0.6) is 0 Å². The SMILES string of the molecule is Cc1ccc(-c2cccc(-n3c4ccccc4c4c(N(c5ccc(-c6ccccc6)cc5)c5ccccc5-c5ccccc5)cccc43)c2-c2ccc(C)cc2)cc1. The van der Waals surface area contributed by atoms with Gasteiger partial charge < -0.3 is 9.47 Å². The summed E-state index contributed by atoms with van der Waals surface area (Å²) in [6.07, 6.45) is 0. The smallest absolute Gasteiger partial charge is 0.0562 e. The first-order chi connectivity index (χ1) is 28.6. The van der Waals surface area contributed by atoms with E-state index in [4.69, 9.17) is 0 Å². The Balaban J connectivity index is 1.26. The highest BCUT2D eigenvalue weighted by Gasteiger charge is 2.24. The van der Waals surface area contributed by atoms with Gasteiger partial charge in [-0.05, 0) is 89.7 Å². The van der Waals surface area contributed by atoms with Crippen molar-refractivity contribution in [3.63, 3.8) is 0 Å². The molecule has 58 heavy (non-hydrogen) atoms. The van der Waals surface area contributed by atoms with E-state index in [1.807, 2.05) is 0 Å². The number of benzene rings is 9. The Kier molecular flexibility index (Phi) is 9.01. The molecule has 0 aliphatic heterocycles. The van der Waals surface area contributed by atoms with E-state index in [9.17, 15) is 0 Å². The molecular formula is C56H42N2. The molecule has 10 aromatic rings. The van der Waals surface area contributed by atoms with Crippen molar-refractivity contribution in [2.45, 2.75) is 13.8 Å². The van der Waals surface area contributed by atoms with Crippen LogP contribution in [-0.2, 0) is 0 Å². The van der Waals surface area contributed by atoms with Crippen molar-refractivity contribution in [1.82, 2.24) is 4.57 Å². The molecule has 10 rings (SSSR count). The Morgan fingerprint density at radius 3 is 1.57 bits per heavy atom. The highest BCUT2D eigenvalue weighted by atomic mass is 15.2. The van der Waals surface area contributed by atoms with Crippen molar-refractivity contribution >= 4 is 38.9 Å². The van der Waals surface area contributed by atoms with Gasteiger partial charge in [0.1, 0.15) is 0 Å². The van der Waals surface area contributed by atoms with Gasteiger partial charge in [0.15, 0.2) is 0 Å². The van der Waals surface area contributed by atoms with Crippen molar-refractivity contribution in [3.05, 3.63) is 230 Å². The molecule has 2 nitrogen and oxygen atoms in total. The highest BCUT2D eigenvalue weighted by Crippen LogP contribution is 2.48. The van der Waals surface area contributed by atoms with Gasteiger partial charge in [-0.1, -0.05) is 187 Å². The third kappa shape index (κ3) is 6.26. The van der Waals surface area contributed by atoms with Crippen LogP contribution in [0, 0.1) is 13.8 Å². The second-order valence-electron chi connectivity index (χ2n) is 15.1. The lowest BCUT2D eigenvalue weighted by Crippen LogP contribution is -2.11. The number of hydrogen-bond donors (Lipinski definition) is 0. The van der Waals surface area contributed by atoms with E-state index < -0.39 is 0 Å². The number of aryl methyl sites for hydroxylation is 2. The number of para-hydroxylation sites is 2. The zero-order valence-corrected chi connectivity index (χ0v) is 32.7. The molecule has 0 fully saturated rings. The molecule has 0 aliphatic carbocycles. The number of anilines is 3. The van der Waals surface area contributed by atoms with Crippen LogP contribution in [0.2, 0.25) is 0 Å². The number of aromatic nitrogens is 1. The largest absolute Gasteiger partial charge is 0.309 e. The molecule has 0 atom stereocenters. The van der Waals surface area contributed by atoms with Crippen molar-refractivity contribution in [2.24, 2.45) is 0 Å². The minimum atomic E-state index is 1.09. The lowest BCUT2D eigenvalue weighted by atomic mass is 9.92. The Morgan fingerprint density at radius 1 is 0.345 bits per heavy atom. The standard InChI is InChI=1S/C56H42N2/c1-39-27-31-44(32-28-39)48-21-13-24-52(55(48)45-33-29-40(2)30-34-45)58-51-23-12-10-20-49(51)56-53(25-14-26-54(56)58)57(46-37-35-42(36-38-46)41-15-5-3-6-16-41)50-22-11-9-19-47(50)43-17-7-4-8-18-43/h3-38H,1-2H3. The van der Waals surface area contributed by atoms with E-state index in [2.05, 4.69) is 242 Å². The average Bonchev–Trinajstić information content (AvgIpc) is 3.63. The minimum Gasteiger partial charge on any atom is -0.309 e. The van der Waals surface area contributed by atoms with Crippen molar-refractivity contribution in [2.75, 3.05) is 4.90 Å². The average molecular weight is 743 g/mol. The van der Waals surface area contributed by atoms with Gasteiger partial charge in [-0.2, -0.15) is 0 Å². The molecule has 276 valence electrons. The molecule has 1 heterocycles. The fraction of sp³-hybridized carbons (Fsp3) is 0.0357. The number of fused-ring (bicyclic) bond motifs is 3. The molecule has 2 heteroatoms. The molecule has 0 N–H and O–H groups in total. The van der Waals surface area contributed by atoms with Crippen LogP contribution in [0.4, 0.5) is 17.1 Å². The van der Waals surface area contributed by atoms with Crippen LogP contribution in [0.15, 0.2) is 218 Å². The first-order valence-corrected chi connectivity index (χ1v) is 20.0. The van der Waals surface area contributed by atoms with Gasteiger partial charge >= 0.3 is 0 Å². The third-order valence-electron chi connectivity index (χ3n) is 11.4. The first-order valence-electron chi connectivity index (χ1n) is 20.0. The summed E-state index contributed by atoms with van der Waals surface area (Å²) in [4.78, 5) is 2.46. The molecule has 0 saturated heterocycles. The van der Waals surface area contributed by atoms with Crippen LogP contribution in [0.3, 0.4) is 0 Å². The summed E-state index contributed by atoms with van der Waals surface area (Å²) in [5.74, 6) is 0.